The second kappa shape index (κ2) is 6.25. The number of nitrogens with two attached hydrogens (primary N) is 1. The number of nitrogen functional groups attached to an aromatic ring is 1. The summed E-state index contributed by atoms with van der Waals surface area (Å²) < 4.78 is 2.04. The summed E-state index contributed by atoms with van der Waals surface area (Å²) in [6.07, 6.45) is 1.05. The van der Waals surface area contributed by atoms with Crippen LogP contribution in [0.2, 0.25) is 10.0 Å². The van der Waals surface area contributed by atoms with Crippen molar-refractivity contribution in [3.63, 3.8) is 0 Å². The Labute approximate surface area is 127 Å². The number of hydrogen-bond acceptors (Lipinski definition) is 3. The third kappa shape index (κ3) is 3.12. The minimum atomic E-state index is 0.293. The van der Waals surface area contributed by atoms with Gasteiger partial charge in [-0.05, 0) is 37.0 Å². The Morgan fingerprint density at radius 3 is 2.74 bits per heavy atom. The van der Waals surface area contributed by atoms with E-state index in [1.54, 1.807) is 6.07 Å². The third-order valence-electron chi connectivity index (χ3n) is 3.08. The van der Waals surface area contributed by atoms with Gasteiger partial charge >= 0.3 is 0 Å². The highest BCUT2D eigenvalue weighted by atomic mass is 35.5. The van der Waals surface area contributed by atoms with Crippen LogP contribution in [0.5, 0.6) is 0 Å². The smallest absolute Gasteiger partial charge is 0.201 e. The Morgan fingerprint density at radius 2 is 2.05 bits per heavy atom. The maximum Gasteiger partial charge on any atom is 0.201 e. The lowest BCUT2D eigenvalue weighted by atomic mass is 10.2. The monoisotopic (exact) mass is 317 g/mol. The molecule has 6 heteroatoms. The van der Waals surface area contributed by atoms with Gasteiger partial charge in [0.15, 0.2) is 0 Å². The normalized spacial score (nSPS) is 13.1. The Balaban J connectivity index is 2.36. The molecule has 2 aromatic rings. The highest BCUT2D eigenvalue weighted by molar-refractivity contribution is 7.99. The molecule has 2 rings (SSSR count). The van der Waals surface area contributed by atoms with E-state index in [1.807, 2.05) is 22.4 Å². The van der Waals surface area contributed by atoms with Crippen molar-refractivity contribution in [2.45, 2.75) is 26.3 Å². The molecule has 0 radical (unpaired) electrons. The summed E-state index contributed by atoms with van der Waals surface area (Å²) >= 11 is 14.0. The fraction of sp³-hybridized carbons (Fsp3) is 0.462. The molecule has 1 aromatic carbocycles. The zero-order valence-electron chi connectivity index (χ0n) is 11.0. The highest BCUT2D eigenvalue weighted by Crippen LogP contribution is 2.31. The predicted molar refractivity (Wildman–Crippen MR) is 86.5 cm³/mol. The molecule has 0 aliphatic heterocycles. The standard InChI is InChI=1S/C13H17Cl2N3S/c1-3-19-5-4-8(2)18-12-7-10(15)9(14)6-11(12)17-13(18)16/h6-8H,3-5H2,1-2H3,(H2,16,17). The maximum absolute atomic E-state index is 6.08. The van der Waals surface area contributed by atoms with Crippen LogP contribution in [-0.4, -0.2) is 21.1 Å². The second-order valence-corrected chi connectivity index (χ2v) is 6.64. The first-order valence-corrected chi connectivity index (χ1v) is 8.15. The third-order valence-corrected chi connectivity index (χ3v) is 4.74. The van der Waals surface area contributed by atoms with E-state index in [0.29, 0.717) is 22.0 Å². The summed E-state index contributed by atoms with van der Waals surface area (Å²) in [5.41, 5.74) is 7.76. The molecular formula is C13H17Cl2N3S. The van der Waals surface area contributed by atoms with Crippen LogP contribution in [-0.2, 0) is 0 Å². The SMILES string of the molecule is CCSCCC(C)n1c(N)nc2cc(Cl)c(Cl)cc21. The van der Waals surface area contributed by atoms with E-state index in [1.165, 1.54) is 0 Å². The van der Waals surface area contributed by atoms with Crippen LogP contribution in [0.25, 0.3) is 11.0 Å². The predicted octanol–water partition coefficient (Wildman–Crippen LogP) is 4.63. The van der Waals surface area contributed by atoms with Crippen LogP contribution < -0.4 is 5.73 Å². The van der Waals surface area contributed by atoms with Crippen LogP contribution in [0.1, 0.15) is 26.3 Å². The molecule has 0 spiro atoms. The van der Waals surface area contributed by atoms with Crippen molar-refractivity contribution in [2.24, 2.45) is 0 Å². The topological polar surface area (TPSA) is 43.8 Å². The molecule has 19 heavy (non-hydrogen) atoms. The molecule has 1 unspecified atom stereocenters. The zero-order chi connectivity index (χ0) is 14.0. The lowest BCUT2D eigenvalue weighted by Crippen LogP contribution is -2.09. The fourth-order valence-corrected chi connectivity index (χ4v) is 3.21. The molecule has 1 heterocycles. The first-order valence-electron chi connectivity index (χ1n) is 6.24. The van der Waals surface area contributed by atoms with Crippen molar-refractivity contribution < 1.29 is 0 Å². The lowest BCUT2D eigenvalue weighted by Gasteiger charge is -2.15. The van der Waals surface area contributed by atoms with Crippen molar-refractivity contribution in [1.82, 2.24) is 9.55 Å². The lowest BCUT2D eigenvalue weighted by molar-refractivity contribution is 0.556. The molecular weight excluding hydrogens is 301 g/mol. The minimum absolute atomic E-state index is 0.293. The van der Waals surface area contributed by atoms with E-state index >= 15 is 0 Å². The number of benzene rings is 1. The van der Waals surface area contributed by atoms with Gasteiger partial charge in [0.2, 0.25) is 5.95 Å². The number of hydrogen-bond donors (Lipinski definition) is 1. The summed E-state index contributed by atoms with van der Waals surface area (Å²) in [6, 6.07) is 3.90. The van der Waals surface area contributed by atoms with E-state index in [-0.39, 0.29) is 0 Å². The van der Waals surface area contributed by atoms with E-state index in [4.69, 9.17) is 28.9 Å². The molecule has 0 aliphatic rings. The van der Waals surface area contributed by atoms with E-state index in [2.05, 4.69) is 18.8 Å². The van der Waals surface area contributed by atoms with E-state index in [0.717, 1.165) is 29.0 Å². The average Bonchev–Trinajstić information content (AvgIpc) is 2.65. The average molecular weight is 318 g/mol. The first-order chi connectivity index (χ1) is 9.04. The molecule has 0 aliphatic carbocycles. The summed E-state index contributed by atoms with van der Waals surface area (Å²) in [5, 5.41) is 1.04. The summed E-state index contributed by atoms with van der Waals surface area (Å²) in [6.45, 7) is 4.31. The van der Waals surface area contributed by atoms with Crippen LogP contribution >= 0.6 is 35.0 Å². The molecule has 0 saturated carbocycles. The maximum atomic E-state index is 6.08. The van der Waals surface area contributed by atoms with Crippen molar-refractivity contribution in [2.75, 3.05) is 17.2 Å². The molecule has 0 saturated heterocycles. The van der Waals surface area contributed by atoms with Gasteiger partial charge in [0.25, 0.3) is 0 Å². The molecule has 0 fully saturated rings. The second-order valence-electron chi connectivity index (χ2n) is 4.43. The molecule has 104 valence electrons. The number of halogens is 2. The molecule has 1 atom stereocenters. The van der Waals surface area contributed by atoms with Gasteiger partial charge in [-0.15, -0.1) is 0 Å². The zero-order valence-corrected chi connectivity index (χ0v) is 13.3. The molecule has 3 nitrogen and oxygen atoms in total. The van der Waals surface area contributed by atoms with Crippen LogP contribution in [0.15, 0.2) is 12.1 Å². The summed E-state index contributed by atoms with van der Waals surface area (Å²) in [4.78, 5) is 4.36. The Morgan fingerprint density at radius 1 is 1.37 bits per heavy atom. The van der Waals surface area contributed by atoms with Gasteiger partial charge in [-0.3, -0.25) is 0 Å². The van der Waals surface area contributed by atoms with Gasteiger partial charge in [0, 0.05) is 6.04 Å². The molecule has 2 N–H and O–H groups in total. The number of imidazole rings is 1. The van der Waals surface area contributed by atoms with Gasteiger partial charge < -0.3 is 10.3 Å². The van der Waals surface area contributed by atoms with Crippen molar-refractivity contribution >= 4 is 51.9 Å². The highest BCUT2D eigenvalue weighted by Gasteiger charge is 2.15. The summed E-state index contributed by atoms with van der Waals surface area (Å²) in [5.74, 6) is 2.76. The number of rotatable bonds is 5. The van der Waals surface area contributed by atoms with Gasteiger partial charge in [-0.2, -0.15) is 11.8 Å². The largest absolute Gasteiger partial charge is 0.369 e. The summed E-state index contributed by atoms with van der Waals surface area (Å²) in [7, 11) is 0. The Bertz CT molecular complexity index is 583. The van der Waals surface area contributed by atoms with E-state index in [9.17, 15) is 0 Å². The number of aromatic nitrogens is 2. The minimum Gasteiger partial charge on any atom is -0.369 e. The molecule has 0 bridgehead atoms. The Kier molecular flexibility index (Phi) is 4.87. The first kappa shape index (κ1) is 14.8. The fourth-order valence-electron chi connectivity index (χ4n) is 2.10. The van der Waals surface area contributed by atoms with Crippen LogP contribution in [0.3, 0.4) is 0 Å². The Hall–Kier alpha value is -0.580. The van der Waals surface area contributed by atoms with Crippen molar-refractivity contribution in [1.29, 1.82) is 0 Å². The van der Waals surface area contributed by atoms with Crippen LogP contribution in [0.4, 0.5) is 5.95 Å². The number of nitrogens with zero attached hydrogens (tertiary/aromatic N) is 2. The van der Waals surface area contributed by atoms with Gasteiger partial charge in [0.1, 0.15) is 0 Å². The quantitative estimate of drug-likeness (QED) is 0.818. The van der Waals surface area contributed by atoms with Gasteiger partial charge in [-0.1, -0.05) is 30.1 Å². The van der Waals surface area contributed by atoms with Gasteiger partial charge in [0.05, 0.1) is 21.1 Å². The van der Waals surface area contributed by atoms with Gasteiger partial charge in [-0.25, -0.2) is 4.98 Å². The van der Waals surface area contributed by atoms with Crippen molar-refractivity contribution in [3.05, 3.63) is 22.2 Å². The molecule has 1 aromatic heterocycles. The number of fused-ring (bicyclic) bond motifs is 1. The van der Waals surface area contributed by atoms with Crippen molar-refractivity contribution in [3.8, 4) is 0 Å². The molecule has 0 amide bonds. The number of thioether (sulfide) groups is 1. The van der Waals surface area contributed by atoms with Crippen LogP contribution in [0, 0.1) is 0 Å². The number of anilines is 1. The van der Waals surface area contributed by atoms with E-state index < -0.39 is 0 Å².